The molecule has 0 radical (unpaired) electrons. The van der Waals surface area contributed by atoms with Gasteiger partial charge in [0.2, 0.25) is 5.91 Å². The lowest BCUT2D eigenvalue weighted by Crippen LogP contribution is -2.68. The average Bonchev–Trinajstić information content (AvgIpc) is 3.04. The second kappa shape index (κ2) is 6.66. The highest BCUT2D eigenvalue weighted by Crippen LogP contribution is 2.44. The van der Waals surface area contributed by atoms with Crippen molar-refractivity contribution in [1.29, 1.82) is 0 Å². The van der Waals surface area contributed by atoms with E-state index in [-0.39, 0.29) is 23.8 Å². The van der Waals surface area contributed by atoms with Crippen LogP contribution in [0.15, 0.2) is 6.33 Å². The summed E-state index contributed by atoms with van der Waals surface area (Å²) in [6.07, 6.45) is 4.04. The van der Waals surface area contributed by atoms with Gasteiger partial charge in [0.25, 0.3) is 0 Å². The van der Waals surface area contributed by atoms with Crippen molar-refractivity contribution in [2.45, 2.75) is 37.3 Å². The molecule has 25 heavy (non-hydrogen) atoms. The summed E-state index contributed by atoms with van der Waals surface area (Å²) < 4.78 is 13.1. The van der Waals surface area contributed by atoms with Crippen LogP contribution in [0, 0.1) is 11.8 Å². The van der Waals surface area contributed by atoms with E-state index in [1.807, 2.05) is 16.5 Å². The molecule has 3 aliphatic rings. The molecule has 1 aromatic heterocycles. The number of fused-ring (bicyclic) bond motifs is 3. The van der Waals surface area contributed by atoms with Crippen molar-refractivity contribution in [1.82, 2.24) is 19.7 Å². The number of hydrogen-bond acceptors (Lipinski definition) is 6. The number of likely N-dealkylation sites (tertiary alicyclic amines) is 1. The molecule has 0 bridgehead atoms. The fraction of sp³-hybridized carbons (Fsp3) is 0.824. The molecule has 4 rings (SSSR count). The molecule has 8 nitrogen and oxygen atoms in total. The van der Waals surface area contributed by atoms with Gasteiger partial charge < -0.3 is 24.0 Å². The molecule has 4 atom stereocenters. The predicted octanol–water partition coefficient (Wildman–Crippen LogP) is -0.237. The van der Waals surface area contributed by atoms with E-state index >= 15 is 0 Å². The maximum absolute atomic E-state index is 12.9. The number of piperidine rings is 1. The largest absolute Gasteiger partial charge is 0.389 e. The van der Waals surface area contributed by atoms with Crippen molar-refractivity contribution in [3.8, 4) is 0 Å². The Hall–Kier alpha value is -1.51. The Morgan fingerprint density at radius 2 is 2.24 bits per heavy atom. The first-order valence-corrected chi connectivity index (χ1v) is 9.10. The first-order valence-electron chi connectivity index (χ1n) is 9.10. The zero-order valence-corrected chi connectivity index (χ0v) is 14.6. The number of amides is 1. The molecule has 0 unspecified atom stereocenters. The Morgan fingerprint density at radius 3 is 3.04 bits per heavy atom. The maximum atomic E-state index is 12.9. The normalized spacial score (nSPS) is 35.1. The third-order valence-electron chi connectivity index (χ3n) is 6.14. The fourth-order valence-electron chi connectivity index (χ4n) is 4.64. The Bertz CT molecular complexity index is 636. The van der Waals surface area contributed by atoms with Crippen molar-refractivity contribution in [3.05, 3.63) is 12.2 Å². The molecule has 1 aromatic rings. The second-order valence-electron chi connectivity index (χ2n) is 7.45. The fourth-order valence-corrected chi connectivity index (χ4v) is 4.64. The molecule has 0 saturated carbocycles. The maximum Gasteiger partial charge on any atom is 0.223 e. The minimum Gasteiger partial charge on any atom is -0.389 e. The minimum absolute atomic E-state index is 0.0253. The first kappa shape index (κ1) is 16.9. The molecule has 0 spiro atoms. The van der Waals surface area contributed by atoms with Crippen LogP contribution in [0.2, 0.25) is 0 Å². The van der Waals surface area contributed by atoms with Crippen LogP contribution in [-0.2, 0) is 27.7 Å². The number of carbonyl (C=O) groups excluding carboxylic acids is 1. The van der Waals surface area contributed by atoms with Crippen molar-refractivity contribution in [3.63, 3.8) is 0 Å². The van der Waals surface area contributed by atoms with Gasteiger partial charge in [0.1, 0.15) is 12.2 Å². The van der Waals surface area contributed by atoms with Crippen molar-refractivity contribution in [2.75, 3.05) is 33.0 Å². The van der Waals surface area contributed by atoms with E-state index in [0.717, 1.165) is 12.2 Å². The molecular weight excluding hydrogens is 324 g/mol. The molecule has 3 aliphatic heterocycles. The van der Waals surface area contributed by atoms with E-state index < -0.39 is 5.60 Å². The number of ether oxygens (including phenoxy) is 2. The highest BCUT2D eigenvalue weighted by molar-refractivity contribution is 5.77. The number of nitrogens with zero attached hydrogens (tertiary/aromatic N) is 4. The van der Waals surface area contributed by atoms with Gasteiger partial charge in [-0.15, -0.1) is 10.2 Å². The van der Waals surface area contributed by atoms with E-state index in [2.05, 4.69) is 10.2 Å². The van der Waals surface area contributed by atoms with E-state index in [4.69, 9.17) is 9.47 Å². The van der Waals surface area contributed by atoms with E-state index in [1.165, 1.54) is 0 Å². The van der Waals surface area contributed by atoms with Gasteiger partial charge in [-0.3, -0.25) is 4.79 Å². The molecule has 4 heterocycles. The number of aliphatic hydroxyl groups is 1. The summed E-state index contributed by atoms with van der Waals surface area (Å²) in [4.78, 5) is 14.9. The van der Waals surface area contributed by atoms with Gasteiger partial charge >= 0.3 is 0 Å². The van der Waals surface area contributed by atoms with Gasteiger partial charge in [-0.1, -0.05) is 0 Å². The monoisotopic (exact) mass is 350 g/mol. The summed E-state index contributed by atoms with van der Waals surface area (Å²) in [7, 11) is 1.88. The predicted molar refractivity (Wildman–Crippen MR) is 87.6 cm³/mol. The van der Waals surface area contributed by atoms with Gasteiger partial charge in [0.05, 0.1) is 18.8 Å². The molecule has 1 amide bonds. The summed E-state index contributed by atoms with van der Waals surface area (Å²) in [5, 5.41) is 19.2. The molecule has 0 aromatic carbocycles. The van der Waals surface area contributed by atoms with Crippen LogP contribution >= 0.6 is 0 Å². The lowest BCUT2D eigenvalue weighted by molar-refractivity contribution is -0.219. The number of carbonyl (C=O) groups is 1. The summed E-state index contributed by atoms with van der Waals surface area (Å²) in [6.45, 7) is 2.81. The molecule has 138 valence electrons. The lowest BCUT2D eigenvalue weighted by atomic mass is 9.66. The van der Waals surface area contributed by atoms with Crippen LogP contribution in [0.3, 0.4) is 0 Å². The zero-order valence-electron chi connectivity index (χ0n) is 14.6. The number of rotatable bonds is 3. The van der Waals surface area contributed by atoms with Crippen molar-refractivity contribution >= 4 is 5.91 Å². The van der Waals surface area contributed by atoms with Gasteiger partial charge in [-0.05, 0) is 6.42 Å². The SMILES string of the molecule is Cn1cnnc1CCC(=O)N1C[C@H]2COCC[C@@]2(O)[C@@H]2COCC[C@@H]21. The number of aryl methyl sites for hydroxylation is 2. The highest BCUT2D eigenvalue weighted by Gasteiger charge is 2.56. The first-order chi connectivity index (χ1) is 12.1. The smallest absolute Gasteiger partial charge is 0.223 e. The summed E-state index contributed by atoms with van der Waals surface area (Å²) in [6, 6.07) is 0.0556. The van der Waals surface area contributed by atoms with E-state index in [0.29, 0.717) is 52.2 Å². The van der Waals surface area contributed by atoms with Gasteiger partial charge in [-0.2, -0.15) is 0 Å². The Balaban J connectivity index is 1.50. The van der Waals surface area contributed by atoms with Crippen molar-refractivity contribution in [2.24, 2.45) is 18.9 Å². The number of hydrogen-bond donors (Lipinski definition) is 1. The Morgan fingerprint density at radius 1 is 1.40 bits per heavy atom. The van der Waals surface area contributed by atoms with Crippen LogP contribution < -0.4 is 0 Å². The topological polar surface area (TPSA) is 89.7 Å². The van der Waals surface area contributed by atoms with Gasteiger partial charge in [0.15, 0.2) is 0 Å². The molecule has 1 N–H and O–H groups in total. The number of aromatic nitrogens is 3. The summed E-state index contributed by atoms with van der Waals surface area (Å²) >= 11 is 0. The van der Waals surface area contributed by atoms with Gasteiger partial charge in [-0.25, -0.2) is 0 Å². The van der Waals surface area contributed by atoms with Crippen LogP contribution in [0.4, 0.5) is 0 Å². The molecule has 8 heteroatoms. The Labute approximate surface area is 147 Å². The second-order valence-corrected chi connectivity index (χ2v) is 7.45. The van der Waals surface area contributed by atoms with Crippen LogP contribution in [0.1, 0.15) is 25.1 Å². The summed E-state index contributed by atoms with van der Waals surface area (Å²) in [5.41, 5.74) is -0.774. The zero-order chi connectivity index (χ0) is 17.4. The Kier molecular flexibility index (Phi) is 4.51. The summed E-state index contributed by atoms with van der Waals surface area (Å²) in [5.74, 6) is 0.865. The van der Waals surface area contributed by atoms with E-state index in [9.17, 15) is 9.90 Å². The third-order valence-corrected chi connectivity index (χ3v) is 6.14. The quantitative estimate of drug-likeness (QED) is 0.809. The van der Waals surface area contributed by atoms with E-state index in [1.54, 1.807) is 6.33 Å². The standard InChI is InChI=1S/C17H26N4O4/c1-20-11-18-19-15(20)2-3-16(22)21-8-12-9-25-7-5-17(12,23)13-10-24-6-4-14(13)21/h11-14,23H,2-10H2,1H3/t12-,13+,14-,17-/m0/s1. The third kappa shape index (κ3) is 2.96. The minimum atomic E-state index is -0.774. The molecule has 3 fully saturated rings. The van der Waals surface area contributed by atoms with Gasteiger partial charge in [0, 0.05) is 63.9 Å². The van der Waals surface area contributed by atoms with Crippen LogP contribution in [-0.4, -0.2) is 75.3 Å². The molecular formula is C17H26N4O4. The van der Waals surface area contributed by atoms with Crippen molar-refractivity contribution < 1.29 is 19.4 Å². The lowest BCUT2D eigenvalue weighted by Gasteiger charge is -2.57. The molecule has 0 aliphatic carbocycles. The average molecular weight is 350 g/mol. The van der Waals surface area contributed by atoms with Crippen LogP contribution in [0.25, 0.3) is 0 Å². The molecule has 3 saturated heterocycles. The highest BCUT2D eigenvalue weighted by atomic mass is 16.5. The van der Waals surface area contributed by atoms with Crippen LogP contribution in [0.5, 0.6) is 0 Å².